The van der Waals surface area contributed by atoms with Crippen molar-refractivity contribution < 1.29 is 14.6 Å². The summed E-state index contributed by atoms with van der Waals surface area (Å²) in [6.45, 7) is 12.5. The Labute approximate surface area is 141 Å². The second-order valence-electron chi connectivity index (χ2n) is 7.91. The summed E-state index contributed by atoms with van der Waals surface area (Å²) < 4.78 is 5.66. The van der Waals surface area contributed by atoms with Crippen LogP contribution in [0, 0.1) is 5.92 Å². The molecule has 1 unspecified atom stereocenters. The predicted octanol–water partition coefficient (Wildman–Crippen LogP) is 1.89. The highest BCUT2D eigenvalue weighted by Gasteiger charge is 2.37. The zero-order valence-corrected chi connectivity index (χ0v) is 15.3. The number of piperidine rings is 1. The highest BCUT2D eigenvalue weighted by atomic mass is 16.5. The molecule has 2 aliphatic rings. The van der Waals surface area contributed by atoms with Gasteiger partial charge in [-0.3, -0.25) is 4.79 Å². The number of hydrogen-bond acceptors (Lipinski definition) is 4. The molecule has 0 aromatic carbocycles. The van der Waals surface area contributed by atoms with E-state index in [9.17, 15) is 9.90 Å². The largest absolute Gasteiger partial charge is 0.389 e. The van der Waals surface area contributed by atoms with Crippen LogP contribution in [0.2, 0.25) is 0 Å². The molecule has 1 amide bonds. The Hall–Kier alpha value is -0.650. The predicted molar refractivity (Wildman–Crippen MR) is 91.3 cm³/mol. The zero-order chi connectivity index (χ0) is 17.0. The molecular formula is C18H34N2O3. The van der Waals surface area contributed by atoms with Gasteiger partial charge < -0.3 is 19.6 Å². The minimum Gasteiger partial charge on any atom is -0.389 e. The average Bonchev–Trinajstić information content (AvgIpc) is 2.94. The summed E-state index contributed by atoms with van der Waals surface area (Å²) in [5.41, 5.74) is -0.811. The first kappa shape index (κ1) is 18.7. The SMILES string of the molecule is CC(C)OCC1CCN(C(=O)CC2(O)CCN(C(C)C)CC2)C1. The maximum Gasteiger partial charge on any atom is 0.225 e. The zero-order valence-electron chi connectivity index (χ0n) is 15.3. The van der Waals surface area contributed by atoms with Gasteiger partial charge in [-0.15, -0.1) is 0 Å². The van der Waals surface area contributed by atoms with E-state index in [4.69, 9.17) is 4.74 Å². The molecule has 0 bridgehead atoms. The number of nitrogens with zero attached hydrogens (tertiary/aromatic N) is 2. The Morgan fingerprint density at radius 1 is 1.22 bits per heavy atom. The van der Waals surface area contributed by atoms with Crippen molar-refractivity contribution in [3.63, 3.8) is 0 Å². The number of carbonyl (C=O) groups is 1. The molecule has 1 atom stereocenters. The Morgan fingerprint density at radius 2 is 1.87 bits per heavy atom. The lowest BCUT2D eigenvalue weighted by Gasteiger charge is -2.40. The van der Waals surface area contributed by atoms with Gasteiger partial charge in [0.15, 0.2) is 0 Å². The van der Waals surface area contributed by atoms with E-state index in [1.54, 1.807) is 0 Å². The van der Waals surface area contributed by atoms with Gasteiger partial charge in [-0.05, 0) is 47.0 Å². The van der Waals surface area contributed by atoms with Crippen molar-refractivity contribution in [1.29, 1.82) is 0 Å². The van der Waals surface area contributed by atoms with E-state index in [-0.39, 0.29) is 18.4 Å². The molecular weight excluding hydrogens is 292 g/mol. The molecule has 0 radical (unpaired) electrons. The monoisotopic (exact) mass is 326 g/mol. The van der Waals surface area contributed by atoms with Crippen LogP contribution in [0.3, 0.4) is 0 Å². The van der Waals surface area contributed by atoms with E-state index in [1.807, 2.05) is 18.7 Å². The molecule has 0 aliphatic carbocycles. The summed E-state index contributed by atoms with van der Waals surface area (Å²) in [4.78, 5) is 16.8. The fourth-order valence-electron chi connectivity index (χ4n) is 3.55. The number of amides is 1. The number of hydrogen-bond donors (Lipinski definition) is 1. The molecule has 134 valence electrons. The van der Waals surface area contributed by atoms with Crippen LogP contribution < -0.4 is 0 Å². The maximum atomic E-state index is 12.5. The van der Waals surface area contributed by atoms with E-state index in [2.05, 4.69) is 18.7 Å². The van der Waals surface area contributed by atoms with Crippen molar-refractivity contribution in [2.75, 3.05) is 32.8 Å². The number of ether oxygens (including phenoxy) is 1. The van der Waals surface area contributed by atoms with Gasteiger partial charge in [-0.2, -0.15) is 0 Å². The van der Waals surface area contributed by atoms with Crippen LogP contribution in [0.5, 0.6) is 0 Å². The summed E-state index contributed by atoms with van der Waals surface area (Å²) in [5.74, 6) is 0.552. The lowest BCUT2D eigenvalue weighted by molar-refractivity contribution is -0.138. The molecule has 2 aliphatic heterocycles. The van der Waals surface area contributed by atoms with Crippen molar-refractivity contribution in [3.05, 3.63) is 0 Å². The van der Waals surface area contributed by atoms with Gasteiger partial charge in [0.1, 0.15) is 0 Å². The molecule has 0 saturated carbocycles. The maximum absolute atomic E-state index is 12.5. The first-order valence-corrected chi connectivity index (χ1v) is 9.15. The van der Waals surface area contributed by atoms with Gasteiger partial charge in [0.25, 0.3) is 0 Å². The summed E-state index contributed by atoms with van der Waals surface area (Å²) in [5, 5.41) is 10.7. The van der Waals surface area contributed by atoms with Crippen LogP contribution in [0.4, 0.5) is 0 Å². The summed E-state index contributed by atoms with van der Waals surface area (Å²) >= 11 is 0. The Kier molecular flexibility index (Phi) is 6.46. The van der Waals surface area contributed by atoms with Gasteiger partial charge in [0.05, 0.1) is 24.7 Å². The third-order valence-corrected chi connectivity index (χ3v) is 5.24. The van der Waals surface area contributed by atoms with Crippen LogP contribution in [-0.2, 0) is 9.53 Å². The molecule has 0 spiro atoms. The van der Waals surface area contributed by atoms with Gasteiger partial charge in [-0.25, -0.2) is 0 Å². The Morgan fingerprint density at radius 3 is 2.43 bits per heavy atom. The molecule has 2 fully saturated rings. The number of carbonyl (C=O) groups excluding carboxylic acids is 1. The first-order valence-electron chi connectivity index (χ1n) is 9.15. The first-order chi connectivity index (χ1) is 10.8. The van der Waals surface area contributed by atoms with Crippen LogP contribution in [0.1, 0.15) is 53.4 Å². The molecule has 2 saturated heterocycles. The van der Waals surface area contributed by atoms with E-state index in [1.165, 1.54) is 0 Å². The number of rotatable bonds is 6. The van der Waals surface area contributed by atoms with E-state index < -0.39 is 5.60 Å². The number of aliphatic hydroxyl groups is 1. The molecule has 2 rings (SSSR count). The van der Waals surface area contributed by atoms with Crippen molar-refractivity contribution in [2.24, 2.45) is 5.92 Å². The van der Waals surface area contributed by atoms with Crippen LogP contribution in [0.25, 0.3) is 0 Å². The van der Waals surface area contributed by atoms with Crippen molar-refractivity contribution in [3.8, 4) is 0 Å². The molecule has 23 heavy (non-hydrogen) atoms. The fourth-order valence-corrected chi connectivity index (χ4v) is 3.55. The van der Waals surface area contributed by atoms with E-state index in [0.29, 0.717) is 24.8 Å². The van der Waals surface area contributed by atoms with Gasteiger partial charge in [0, 0.05) is 38.1 Å². The van der Waals surface area contributed by atoms with E-state index >= 15 is 0 Å². The molecule has 0 aromatic heterocycles. The normalized spacial score (nSPS) is 25.5. The van der Waals surface area contributed by atoms with Crippen molar-refractivity contribution in [1.82, 2.24) is 9.80 Å². The second kappa shape index (κ2) is 7.95. The number of likely N-dealkylation sites (tertiary alicyclic amines) is 2. The topological polar surface area (TPSA) is 53.0 Å². The van der Waals surface area contributed by atoms with Crippen molar-refractivity contribution in [2.45, 2.75) is 71.1 Å². The molecule has 2 heterocycles. The second-order valence-corrected chi connectivity index (χ2v) is 7.91. The average molecular weight is 326 g/mol. The van der Waals surface area contributed by atoms with Crippen LogP contribution in [-0.4, -0.2) is 71.3 Å². The molecule has 0 aromatic rings. The Bertz CT molecular complexity index is 390. The molecule has 5 heteroatoms. The quantitative estimate of drug-likeness (QED) is 0.810. The third kappa shape index (κ3) is 5.44. The van der Waals surface area contributed by atoms with Crippen molar-refractivity contribution >= 4 is 5.91 Å². The summed E-state index contributed by atoms with van der Waals surface area (Å²) in [7, 11) is 0. The third-order valence-electron chi connectivity index (χ3n) is 5.24. The van der Waals surface area contributed by atoms with E-state index in [0.717, 1.165) is 39.2 Å². The summed E-state index contributed by atoms with van der Waals surface area (Å²) in [6.07, 6.45) is 2.93. The summed E-state index contributed by atoms with van der Waals surface area (Å²) in [6, 6.07) is 0.510. The highest BCUT2D eigenvalue weighted by molar-refractivity contribution is 5.77. The minimum absolute atomic E-state index is 0.109. The van der Waals surface area contributed by atoms with Crippen LogP contribution >= 0.6 is 0 Å². The minimum atomic E-state index is -0.811. The standard InChI is InChI=1S/C18H34N2O3/c1-14(2)19-9-6-18(22,7-10-19)11-17(21)20-8-5-16(12-20)13-23-15(3)4/h14-16,22H,5-13H2,1-4H3. The fraction of sp³-hybridized carbons (Fsp3) is 0.944. The molecule has 1 N–H and O–H groups in total. The Balaban J connectivity index is 1.76. The van der Waals surface area contributed by atoms with Gasteiger partial charge in [-0.1, -0.05) is 0 Å². The highest BCUT2D eigenvalue weighted by Crippen LogP contribution is 2.28. The lowest BCUT2D eigenvalue weighted by atomic mass is 9.87. The molecule has 5 nitrogen and oxygen atoms in total. The lowest BCUT2D eigenvalue weighted by Crippen LogP contribution is -2.49. The van der Waals surface area contributed by atoms with Gasteiger partial charge in [0.2, 0.25) is 5.91 Å². The van der Waals surface area contributed by atoms with Gasteiger partial charge >= 0.3 is 0 Å². The smallest absolute Gasteiger partial charge is 0.225 e. The van der Waals surface area contributed by atoms with Crippen LogP contribution in [0.15, 0.2) is 0 Å².